The highest BCUT2D eigenvalue weighted by atomic mass is 16.5. The molecule has 0 bridgehead atoms. The maximum atomic E-state index is 5.95. The molecule has 25 heavy (non-hydrogen) atoms. The van der Waals surface area contributed by atoms with Crippen LogP contribution in [-0.4, -0.2) is 79.0 Å². The highest BCUT2D eigenvalue weighted by molar-refractivity contribution is 5.80. The lowest BCUT2D eigenvalue weighted by Gasteiger charge is -2.35. The minimum absolute atomic E-state index is 0.0427. The molecule has 0 amide bonds. The molecule has 2 heterocycles. The summed E-state index contributed by atoms with van der Waals surface area (Å²) < 4.78 is 7.77. The molecule has 1 N–H and O–H groups in total. The number of aromatic nitrogens is 2. The molecule has 1 aromatic rings. The van der Waals surface area contributed by atoms with Gasteiger partial charge in [0.1, 0.15) is 6.10 Å². The molecule has 7 nitrogen and oxygen atoms in total. The fourth-order valence-electron chi connectivity index (χ4n) is 3.27. The summed E-state index contributed by atoms with van der Waals surface area (Å²) >= 11 is 0. The van der Waals surface area contributed by atoms with E-state index in [1.807, 2.05) is 24.1 Å². The molecule has 0 aliphatic carbocycles. The van der Waals surface area contributed by atoms with E-state index in [0.29, 0.717) is 6.61 Å². The maximum Gasteiger partial charge on any atom is 0.194 e. The van der Waals surface area contributed by atoms with Crippen LogP contribution in [0, 0.1) is 5.41 Å². The van der Waals surface area contributed by atoms with Gasteiger partial charge in [0.25, 0.3) is 0 Å². The number of ether oxygens (including phenoxy) is 1. The lowest BCUT2D eigenvalue weighted by molar-refractivity contribution is -0.00810. The Kier molecular flexibility index (Phi) is 6.84. The summed E-state index contributed by atoms with van der Waals surface area (Å²) in [6, 6.07) is 0. The third-order valence-corrected chi connectivity index (χ3v) is 4.20. The molecular weight excluding hydrogens is 316 g/mol. The number of nitrogens with one attached hydrogen (secondary N) is 1. The molecule has 0 radical (unpaired) electrons. The van der Waals surface area contributed by atoms with E-state index in [-0.39, 0.29) is 11.5 Å². The van der Waals surface area contributed by atoms with Crippen molar-refractivity contribution in [1.29, 1.82) is 0 Å². The topological polar surface area (TPSA) is 57.9 Å². The van der Waals surface area contributed by atoms with Gasteiger partial charge in [0.2, 0.25) is 0 Å². The second kappa shape index (κ2) is 8.67. The normalized spacial score (nSPS) is 19.6. The minimum Gasteiger partial charge on any atom is -0.370 e. The van der Waals surface area contributed by atoms with Crippen LogP contribution in [0.4, 0.5) is 0 Å². The Hall–Kier alpha value is -1.60. The lowest BCUT2D eigenvalue weighted by Crippen LogP contribution is -2.48. The predicted octanol–water partition coefficient (Wildman–Crippen LogP) is 1.35. The van der Waals surface area contributed by atoms with Crippen LogP contribution in [0.3, 0.4) is 0 Å². The van der Waals surface area contributed by atoms with Crippen molar-refractivity contribution in [3.63, 3.8) is 0 Å². The molecule has 2 rings (SSSR count). The maximum absolute atomic E-state index is 5.95. The highest BCUT2D eigenvalue weighted by Gasteiger charge is 2.26. The summed E-state index contributed by atoms with van der Waals surface area (Å²) in [6.45, 7) is 11.7. The Labute approximate surface area is 152 Å². The molecule has 1 aliphatic rings. The number of morpholine rings is 1. The van der Waals surface area contributed by atoms with Crippen LogP contribution in [0.25, 0.3) is 0 Å². The van der Waals surface area contributed by atoms with Gasteiger partial charge in [-0.2, -0.15) is 5.10 Å². The largest absolute Gasteiger partial charge is 0.370 e. The number of hydrogen-bond donors (Lipinski definition) is 1. The van der Waals surface area contributed by atoms with E-state index in [2.05, 4.69) is 55.1 Å². The molecule has 0 aromatic carbocycles. The molecule has 1 saturated heterocycles. The van der Waals surface area contributed by atoms with Crippen LogP contribution in [0.1, 0.15) is 32.4 Å². The van der Waals surface area contributed by atoms with Crippen LogP contribution in [-0.2, 0) is 11.8 Å². The zero-order valence-electron chi connectivity index (χ0n) is 16.6. The SMILES string of the molecule is CCNC(=NCC(C)(C)CN(C)C)N1CCOC(c2cnn(C)c2)C1. The Balaban J connectivity index is 2.06. The monoisotopic (exact) mass is 350 g/mol. The number of nitrogens with zero attached hydrogens (tertiary/aromatic N) is 5. The molecule has 0 spiro atoms. The van der Waals surface area contributed by atoms with Crippen LogP contribution in [0.5, 0.6) is 0 Å². The number of aliphatic imine (C=N–C) groups is 1. The summed E-state index contributed by atoms with van der Waals surface area (Å²) in [5, 5.41) is 7.70. The third-order valence-electron chi connectivity index (χ3n) is 4.20. The molecule has 0 saturated carbocycles. The standard InChI is InChI=1S/C18H34N6O/c1-7-19-17(20-13-18(2,3)14-22(4)5)24-8-9-25-16(12-24)15-10-21-23(6)11-15/h10-11,16H,7-9,12-14H2,1-6H3,(H,19,20). The number of rotatable bonds is 6. The van der Waals surface area contributed by atoms with E-state index in [1.165, 1.54) is 0 Å². The van der Waals surface area contributed by atoms with Crippen LogP contribution < -0.4 is 5.32 Å². The quantitative estimate of drug-likeness (QED) is 0.620. The van der Waals surface area contributed by atoms with Gasteiger partial charge in [0.15, 0.2) is 5.96 Å². The van der Waals surface area contributed by atoms with Gasteiger partial charge in [-0.3, -0.25) is 9.67 Å². The molecular formula is C18H34N6O. The van der Waals surface area contributed by atoms with Crippen molar-refractivity contribution in [2.75, 3.05) is 53.4 Å². The zero-order chi connectivity index (χ0) is 18.4. The molecule has 1 aliphatic heterocycles. The van der Waals surface area contributed by atoms with E-state index in [9.17, 15) is 0 Å². The highest BCUT2D eigenvalue weighted by Crippen LogP contribution is 2.22. The first-order valence-electron chi connectivity index (χ1n) is 9.09. The molecule has 1 fully saturated rings. The van der Waals surface area contributed by atoms with Crippen LogP contribution >= 0.6 is 0 Å². The van der Waals surface area contributed by atoms with E-state index in [1.54, 1.807) is 0 Å². The molecule has 1 atom stereocenters. The van der Waals surface area contributed by atoms with Gasteiger partial charge in [-0.05, 0) is 26.4 Å². The number of hydrogen-bond acceptors (Lipinski definition) is 4. The third kappa shape index (κ3) is 6.01. The zero-order valence-corrected chi connectivity index (χ0v) is 16.6. The second-order valence-electron chi connectivity index (χ2n) is 7.82. The van der Waals surface area contributed by atoms with Crippen molar-refractivity contribution < 1.29 is 4.74 Å². The van der Waals surface area contributed by atoms with Crippen molar-refractivity contribution in [3.05, 3.63) is 18.0 Å². The average Bonchev–Trinajstić information content (AvgIpc) is 2.97. The van der Waals surface area contributed by atoms with Crippen molar-refractivity contribution in [3.8, 4) is 0 Å². The molecule has 1 unspecified atom stereocenters. The molecule has 7 heteroatoms. The molecule has 1 aromatic heterocycles. The van der Waals surface area contributed by atoms with Gasteiger partial charge >= 0.3 is 0 Å². The van der Waals surface area contributed by atoms with E-state index < -0.39 is 0 Å². The first-order chi connectivity index (χ1) is 11.8. The molecule has 142 valence electrons. The van der Waals surface area contributed by atoms with E-state index in [0.717, 1.165) is 44.2 Å². The fraction of sp³-hybridized carbons (Fsp3) is 0.778. The van der Waals surface area contributed by atoms with Crippen molar-refractivity contribution >= 4 is 5.96 Å². The van der Waals surface area contributed by atoms with Gasteiger partial charge < -0.3 is 19.9 Å². The summed E-state index contributed by atoms with van der Waals surface area (Å²) in [5.74, 6) is 0.978. The van der Waals surface area contributed by atoms with Gasteiger partial charge in [0.05, 0.1) is 19.3 Å². The Morgan fingerprint density at radius 1 is 1.48 bits per heavy atom. The van der Waals surface area contributed by atoms with Gasteiger partial charge in [-0.15, -0.1) is 0 Å². The number of aryl methyl sites for hydroxylation is 1. The Bertz CT molecular complexity index is 566. The summed E-state index contributed by atoms with van der Waals surface area (Å²) in [4.78, 5) is 9.44. The first kappa shape index (κ1) is 19.7. The smallest absolute Gasteiger partial charge is 0.194 e. The second-order valence-corrected chi connectivity index (χ2v) is 7.82. The minimum atomic E-state index is 0.0427. The Morgan fingerprint density at radius 3 is 2.84 bits per heavy atom. The van der Waals surface area contributed by atoms with Crippen molar-refractivity contribution in [1.82, 2.24) is 24.9 Å². The Morgan fingerprint density at radius 2 is 2.24 bits per heavy atom. The summed E-state index contributed by atoms with van der Waals surface area (Å²) in [6.07, 6.45) is 3.96. The van der Waals surface area contributed by atoms with Crippen molar-refractivity contribution in [2.24, 2.45) is 17.5 Å². The predicted molar refractivity (Wildman–Crippen MR) is 102 cm³/mol. The summed E-state index contributed by atoms with van der Waals surface area (Å²) in [7, 11) is 6.15. The van der Waals surface area contributed by atoms with Crippen LogP contribution in [0.2, 0.25) is 0 Å². The average molecular weight is 351 g/mol. The van der Waals surface area contributed by atoms with Gasteiger partial charge in [-0.1, -0.05) is 13.8 Å². The first-order valence-corrected chi connectivity index (χ1v) is 9.09. The fourth-order valence-corrected chi connectivity index (χ4v) is 3.27. The van der Waals surface area contributed by atoms with Crippen LogP contribution in [0.15, 0.2) is 17.4 Å². The van der Waals surface area contributed by atoms with E-state index in [4.69, 9.17) is 9.73 Å². The lowest BCUT2D eigenvalue weighted by atomic mass is 9.93. The van der Waals surface area contributed by atoms with E-state index >= 15 is 0 Å². The van der Waals surface area contributed by atoms with Gasteiger partial charge in [-0.25, -0.2) is 0 Å². The summed E-state index contributed by atoms with van der Waals surface area (Å²) in [5.41, 5.74) is 1.26. The number of guanidine groups is 1. The van der Waals surface area contributed by atoms with Gasteiger partial charge in [0, 0.05) is 45.0 Å². The van der Waals surface area contributed by atoms with Crippen molar-refractivity contribution in [2.45, 2.75) is 26.9 Å².